The van der Waals surface area contributed by atoms with E-state index in [4.69, 9.17) is 14.2 Å². The second-order valence-corrected chi connectivity index (χ2v) is 16.3. The molecule has 0 aromatic heterocycles. The highest BCUT2D eigenvalue weighted by molar-refractivity contribution is 5.97. The van der Waals surface area contributed by atoms with E-state index in [0.717, 1.165) is 91.1 Å². The molecule has 0 bridgehead atoms. The number of rotatable bonds is 6. The number of anilines is 2. The Morgan fingerprint density at radius 2 is 1.04 bits per heavy atom. The zero-order valence-corrected chi connectivity index (χ0v) is 34.6. The number of carbonyl (C=O) groups excluding carboxylic acids is 1. The van der Waals surface area contributed by atoms with Crippen LogP contribution < -0.4 is 16.0 Å². The maximum Gasteiger partial charge on any atom is 0.410 e. The highest BCUT2D eigenvalue weighted by Gasteiger charge is 2.29. The zero-order chi connectivity index (χ0) is 36.6. The minimum atomic E-state index is -0.447. The van der Waals surface area contributed by atoms with E-state index in [1.807, 2.05) is 25.7 Å². The van der Waals surface area contributed by atoms with Gasteiger partial charge in [0.05, 0.1) is 0 Å². The molecule has 8 rings (SSSR count). The SMILES string of the molecule is C.CC(C)(C)OC(=O)N1CCC(c2ccc(NC3CCOCC3)c3ccccc23)CC1.Cl.Cl.c1ccc2c(C3CCNCC3)ccc(NC3CCOCC3)c2c1. The molecule has 4 aromatic carbocycles. The lowest BCUT2D eigenvalue weighted by atomic mass is 9.86. The van der Waals surface area contributed by atoms with Crippen LogP contribution in [-0.4, -0.2) is 81.3 Å². The van der Waals surface area contributed by atoms with Gasteiger partial charge in [0.1, 0.15) is 5.60 Å². The molecule has 56 heavy (non-hydrogen) atoms. The number of carbonyl (C=O) groups is 1. The van der Waals surface area contributed by atoms with Gasteiger partial charge in [-0.15, -0.1) is 24.8 Å². The fraction of sp³-hybridized carbons (Fsp3) is 0.543. The smallest absolute Gasteiger partial charge is 0.410 e. The van der Waals surface area contributed by atoms with Crippen LogP contribution >= 0.6 is 24.8 Å². The van der Waals surface area contributed by atoms with Crippen molar-refractivity contribution in [2.75, 3.05) is 63.2 Å². The van der Waals surface area contributed by atoms with Gasteiger partial charge in [0, 0.05) is 73.7 Å². The number of fused-ring (bicyclic) bond motifs is 2. The molecule has 4 aliphatic rings. The Kier molecular flexibility index (Phi) is 17.4. The van der Waals surface area contributed by atoms with Crippen molar-refractivity contribution in [3.63, 3.8) is 0 Å². The van der Waals surface area contributed by atoms with Crippen LogP contribution in [-0.2, 0) is 14.2 Å². The summed E-state index contributed by atoms with van der Waals surface area (Å²) in [6.45, 7) is 13.0. The predicted octanol–water partition coefficient (Wildman–Crippen LogP) is 10.9. The Hall–Kier alpha value is -3.27. The summed E-state index contributed by atoms with van der Waals surface area (Å²) in [4.78, 5) is 14.2. The standard InChI is InChI=1S/C25H34N2O3.C20H26N2O.CH4.2ClH/c1-25(2,3)30-24(28)27-14-10-18(11-15-27)20-8-9-23(22-7-5-4-6-21(20)22)26-19-12-16-29-17-13-19;1-2-4-19-18(3-1)17(15-7-11-21-12-8-15)5-6-20(19)22-16-9-13-23-14-10-16;;;/h4-9,18-19,26H,10-17H2,1-3H3;1-6,15-16,21-22H,7-14H2;1H4;2*1H. The lowest BCUT2D eigenvalue weighted by Gasteiger charge is -2.34. The fourth-order valence-corrected chi connectivity index (χ4v) is 8.56. The Bertz CT molecular complexity index is 1810. The summed E-state index contributed by atoms with van der Waals surface area (Å²) in [5.74, 6) is 1.16. The number of benzene rings is 4. The minimum Gasteiger partial charge on any atom is -0.444 e. The van der Waals surface area contributed by atoms with E-state index >= 15 is 0 Å². The molecule has 8 nitrogen and oxygen atoms in total. The molecule has 3 N–H and O–H groups in total. The first-order chi connectivity index (χ1) is 25.8. The van der Waals surface area contributed by atoms with Gasteiger partial charge in [-0.05, 0) is 131 Å². The van der Waals surface area contributed by atoms with E-state index in [0.29, 0.717) is 23.9 Å². The second-order valence-electron chi connectivity index (χ2n) is 16.3. The lowest BCUT2D eigenvalue weighted by molar-refractivity contribution is 0.0205. The van der Waals surface area contributed by atoms with E-state index in [2.05, 4.69) is 88.7 Å². The second kappa shape index (κ2) is 21.5. The van der Waals surface area contributed by atoms with Crippen LogP contribution in [0.4, 0.5) is 16.2 Å². The average Bonchev–Trinajstić information content (AvgIpc) is 3.19. The molecule has 4 fully saturated rings. The van der Waals surface area contributed by atoms with Gasteiger partial charge < -0.3 is 35.1 Å². The highest BCUT2D eigenvalue weighted by Crippen LogP contribution is 2.38. The number of ether oxygens (including phenoxy) is 3. The van der Waals surface area contributed by atoms with Crippen molar-refractivity contribution >= 4 is 63.8 Å². The van der Waals surface area contributed by atoms with Crippen molar-refractivity contribution in [2.24, 2.45) is 0 Å². The van der Waals surface area contributed by atoms with Gasteiger partial charge in [0.25, 0.3) is 0 Å². The average molecular weight is 810 g/mol. The maximum atomic E-state index is 12.4. The summed E-state index contributed by atoms with van der Waals surface area (Å²) in [6.07, 6.45) is 8.55. The predicted molar refractivity (Wildman–Crippen MR) is 239 cm³/mol. The van der Waals surface area contributed by atoms with Crippen molar-refractivity contribution in [2.45, 2.75) is 109 Å². The first-order valence-electron chi connectivity index (χ1n) is 20.2. The maximum absolute atomic E-state index is 12.4. The molecule has 4 heterocycles. The topological polar surface area (TPSA) is 84.1 Å². The van der Waals surface area contributed by atoms with Crippen LogP contribution in [0.1, 0.15) is 103 Å². The number of likely N-dealkylation sites (tertiary alicyclic amines) is 1. The number of hydrogen-bond acceptors (Lipinski definition) is 7. The number of nitrogens with one attached hydrogen (secondary N) is 3. The quantitative estimate of drug-likeness (QED) is 0.179. The minimum absolute atomic E-state index is 0. The van der Waals surface area contributed by atoms with Gasteiger partial charge in [-0.1, -0.05) is 68.1 Å². The molecule has 1 amide bonds. The van der Waals surface area contributed by atoms with Crippen molar-refractivity contribution in [1.29, 1.82) is 0 Å². The lowest BCUT2D eigenvalue weighted by Crippen LogP contribution is -2.41. The number of nitrogens with zero attached hydrogens (tertiary/aromatic N) is 1. The first kappa shape index (κ1) is 45.4. The van der Waals surface area contributed by atoms with Crippen LogP contribution in [0.5, 0.6) is 0 Å². The number of piperidine rings is 2. The molecule has 0 aliphatic carbocycles. The molecule has 4 aliphatic heterocycles. The summed E-state index contributed by atoms with van der Waals surface area (Å²) < 4.78 is 16.5. The molecule has 10 heteroatoms. The molecule has 0 spiro atoms. The third-order valence-electron chi connectivity index (χ3n) is 11.4. The van der Waals surface area contributed by atoms with Gasteiger partial charge in [-0.3, -0.25) is 0 Å². The van der Waals surface area contributed by atoms with Crippen LogP contribution in [0.3, 0.4) is 0 Å². The highest BCUT2D eigenvalue weighted by atomic mass is 35.5. The van der Waals surface area contributed by atoms with E-state index in [1.165, 1.54) is 56.9 Å². The molecule has 4 saturated heterocycles. The molecule has 0 atom stereocenters. The van der Waals surface area contributed by atoms with E-state index in [1.54, 1.807) is 0 Å². The van der Waals surface area contributed by atoms with Crippen molar-refractivity contribution in [3.8, 4) is 0 Å². The largest absolute Gasteiger partial charge is 0.444 e. The Morgan fingerprint density at radius 3 is 1.46 bits per heavy atom. The van der Waals surface area contributed by atoms with Gasteiger partial charge in [0.2, 0.25) is 0 Å². The zero-order valence-electron chi connectivity index (χ0n) is 32.9. The fourth-order valence-electron chi connectivity index (χ4n) is 8.56. The van der Waals surface area contributed by atoms with Gasteiger partial charge in [0.15, 0.2) is 0 Å². The molecule has 4 aromatic rings. The number of amides is 1. The molecule has 0 saturated carbocycles. The Balaban J connectivity index is 0.000000243. The van der Waals surface area contributed by atoms with E-state index in [9.17, 15) is 4.79 Å². The van der Waals surface area contributed by atoms with E-state index < -0.39 is 5.60 Å². The van der Waals surface area contributed by atoms with Gasteiger partial charge in [-0.2, -0.15) is 0 Å². The monoisotopic (exact) mass is 808 g/mol. The van der Waals surface area contributed by atoms with Crippen LogP contribution in [0.25, 0.3) is 21.5 Å². The van der Waals surface area contributed by atoms with Crippen molar-refractivity contribution < 1.29 is 19.0 Å². The first-order valence-corrected chi connectivity index (χ1v) is 20.2. The molecular formula is C46H66Cl2N4O4. The van der Waals surface area contributed by atoms with Crippen molar-refractivity contribution in [3.05, 3.63) is 83.9 Å². The summed E-state index contributed by atoms with van der Waals surface area (Å²) in [5.41, 5.74) is 4.97. The van der Waals surface area contributed by atoms with Gasteiger partial charge >= 0.3 is 6.09 Å². The molecule has 308 valence electrons. The normalized spacial score (nSPS) is 18.7. The summed E-state index contributed by atoms with van der Waals surface area (Å²) in [7, 11) is 0. The third-order valence-corrected chi connectivity index (χ3v) is 11.4. The van der Waals surface area contributed by atoms with E-state index in [-0.39, 0.29) is 38.3 Å². The Morgan fingerprint density at radius 1 is 0.625 bits per heavy atom. The van der Waals surface area contributed by atoms with Crippen LogP contribution in [0.15, 0.2) is 72.8 Å². The number of halogens is 2. The van der Waals surface area contributed by atoms with Gasteiger partial charge in [-0.25, -0.2) is 4.79 Å². The van der Waals surface area contributed by atoms with Crippen molar-refractivity contribution in [1.82, 2.24) is 10.2 Å². The molecule has 0 radical (unpaired) electrons. The molecular weight excluding hydrogens is 743 g/mol. The molecule has 0 unspecified atom stereocenters. The number of hydrogen-bond donors (Lipinski definition) is 3. The van der Waals surface area contributed by atoms with Crippen LogP contribution in [0.2, 0.25) is 0 Å². The summed E-state index contributed by atoms with van der Waals surface area (Å²) in [6, 6.07) is 27.8. The van der Waals surface area contributed by atoms with Crippen LogP contribution in [0, 0.1) is 0 Å². The summed E-state index contributed by atoms with van der Waals surface area (Å²) >= 11 is 0. The third kappa shape index (κ3) is 11.7. The Labute approximate surface area is 348 Å². The summed E-state index contributed by atoms with van der Waals surface area (Å²) in [5, 5.41) is 16.4.